The van der Waals surface area contributed by atoms with Crippen LogP contribution in [0.1, 0.15) is 47.8 Å². The number of benzene rings is 5. The van der Waals surface area contributed by atoms with E-state index in [0.717, 1.165) is 22.3 Å². The van der Waals surface area contributed by atoms with E-state index in [1.165, 1.54) is 12.1 Å². The van der Waals surface area contributed by atoms with Gasteiger partial charge in [0.05, 0.1) is 16.7 Å². The van der Waals surface area contributed by atoms with Gasteiger partial charge in [-0.05, 0) is 57.1 Å². The van der Waals surface area contributed by atoms with E-state index in [1.807, 2.05) is 66.7 Å². The molecule has 8 heteroatoms. The molecule has 0 fully saturated rings. The van der Waals surface area contributed by atoms with Crippen molar-refractivity contribution >= 4 is 17.9 Å². The van der Waals surface area contributed by atoms with Crippen LogP contribution in [0.15, 0.2) is 121 Å². The molecule has 0 saturated heterocycles. The number of hydrogen-bond donors (Lipinski definition) is 2. The first-order chi connectivity index (χ1) is 21.4. The molecule has 0 radical (unpaired) electrons. The second kappa shape index (κ2) is 14.1. The number of aromatic carboxylic acids is 2. The maximum atomic E-state index is 12.7. The van der Waals surface area contributed by atoms with Crippen molar-refractivity contribution in [1.29, 1.82) is 0 Å². The molecule has 0 aliphatic rings. The van der Waals surface area contributed by atoms with Crippen LogP contribution in [0.25, 0.3) is 22.3 Å². The van der Waals surface area contributed by atoms with Gasteiger partial charge in [0, 0.05) is 0 Å². The van der Waals surface area contributed by atoms with E-state index in [4.69, 9.17) is 14.5 Å². The third-order valence-corrected chi connectivity index (χ3v) is 6.94. The molecule has 0 atom stereocenters. The lowest BCUT2D eigenvalue weighted by molar-refractivity contribution is -0.313. The topological polar surface area (TPSA) is 119 Å². The lowest BCUT2D eigenvalue weighted by Gasteiger charge is -2.11. The van der Waals surface area contributed by atoms with E-state index in [9.17, 15) is 24.6 Å². The molecule has 5 aromatic carbocycles. The molecule has 220 valence electrons. The Labute approximate surface area is 253 Å². The van der Waals surface area contributed by atoms with Gasteiger partial charge in [0.1, 0.15) is 19.8 Å². The fraction of sp³-hybridized carbons (Fsp3) is 0.0833. The number of rotatable bonds is 12. The van der Waals surface area contributed by atoms with Crippen LogP contribution in [0.3, 0.4) is 0 Å². The van der Waals surface area contributed by atoms with Gasteiger partial charge in [-0.3, -0.25) is 0 Å². The van der Waals surface area contributed by atoms with Crippen molar-refractivity contribution in [3.05, 3.63) is 155 Å². The van der Waals surface area contributed by atoms with Crippen LogP contribution in [0, 0.1) is 0 Å². The molecule has 8 nitrogen and oxygen atoms in total. The minimum absolute atomic E-state index is 0.0277. The van der Waals surface area contributed by atoms with Gasteiger partial charge in [0.2, 0.25) is 0 Å². The van der Waals surface area contributed by atoms with Gasteiger partial charge in [0.15, 0.2) is 0 Å². The Balaban J connectivity index is 1.13. The largest absolute Gasteiger partial charge is 0.478 e. The van der Waals surface area contributed by atoms with E-state index < -0.39 is 17.9 Å². The van der Waals surface area contributed by atoms with E-state index in [0.29, 0.717) is 16.7 Å². The summed E-state index contributed by atoms with van der Waals surface area (Å²) in [6.07, 6.45) is 0. The molecule has 5 rings (SSSR count). The highest BCUT2D eigenvalue weighted by atomic mass is 17.2. The van der Waals surface area contributed by atoms with Gasteiger partial charge in [-0.2, -0.15) is 0 Å². The average molecular weight is 589 g/mol. The summed E-state index contributed by atoms with van der Waals surface area (Å²) in [7, 11) is 0. The summed E-state index contributed by atoms with van der Waals surface area (Å²) < 4.78 is 5.40. The van der Waals surface area contributed by atoms with Gasteiger partial charge < -0.3 is 14.9 Å². The Kier molecular flexibility index (Phi) is 9.56. The lowest BCUT2D eigenvalue weighted by Crippen LogP contribution is -2.12. The van der Waals surface area contributed by atoms with Gasteiger partial charge in [0.25, 0.3) is 0 Å². The summed E-state index contributed by atoms with van der Waals surface area (Å²) in [5, 5.41) is 19.4. The van der Waals surface area contributed by atoms with Crippen LogP contribution in [0.4, 0.5) is 0 Å². The number of carboxylic acid groups (broad SMARTS) is 2. The van der Waals surface area contributed by atoms with Crippen molar-refractivity contribution in [3.63, 3.8) is 0 Å². The van der Waals surface area contributed by atoms with Crippen molar-refractivity contribution in [1.82, 2.24) is 0 Å². The van der Waals surface area contributed by atoms with Crippen molar-refractivity contribution < 1.29 is 39.1 Å². The van der Waals surface area contributed by atoms with Crippen LogP contribution in [-0.4, -0.2) is 28.1 Å². The Morgan fingerprint density at radius 2 is 0.977 bits per heavy atom. The van der Waals surface area contributed by atoms with Crippen LogP contribution >= 0.6 is 0 Å². The van der Waals surface area contributed by atoms with Gasteiger partial charge in [-0.15, -0.1) is 0 Å². The zero-order chi connectivity index (χ0) is 30.9. The molecule has 5 aromatic rings. The van der Waals surface area contributed by atoms with E-state index in [-0.39, 0.29) is 36.5 Å². The summed E-state index contributed by atoms with van der Waals surface area (Å²) in [4.78, 5) is 47.1. The predicted molar refractivity (Wildman–Crippen MR) is 163 cm³/mol. The molecule has 0 aromatic heterocycles. The predicted octanol–water partition coefficient (Wildman–Crippen LogP) is 7.42. The highest BCUT2D eigenvalue weighted by Crippen LogP contribution is 2.25. The summed E-state index contributed by atoms with van der Waals surface area (Å²) >= 11 is 0. The van der Waals surface area contributed by atoms with Gasteiger partial charge >= 0.3 is 17.9 Å². The lowest BCUT2D eigenvalue weighted by atomic mass is 9.99. The highest BCUT2D eigenvalue weighted by molar-refractivity contribution is 6.03. The maximum absolute atomic E-state index is 12.7. The Morgan fingerprint density at radius 1 is 0.477 bits per heavy atom. The first-order valence-corrected chi connectivity index (χ1v) is 13.7. The Morgan fingerprint density at radius 3 is 1.55 bits per heavy atom. The SMILES string of the molecule is O=C(O)c1cc(-c2ccccc2)ccc1COOCc1ccc(COC(=O)c2ccc(-c3ccccc3)cc2C(=O)O)cc1. The first-order valence-electron chi connectivity index (χ1n) is 13.7. The third-order valence-electron chi connectivity index (χ3n) is 6.94. The quantitative estimate of drug-likeness (QED) is 0.0669. The molecule has 0 saturated carbocycles. The first kappa shape index (κ1) is 29.9. The van der Waals surface area contributed by atoms with Crippen LogP contribution in [-0.2, 0) is 34.3 Å². The normalized spacial score (nSPS) is 10.7. The Bertz CT molecular complexity index is 1760. The summed E-state index contributed by atoms with van der Waals surface area (Å²) in [5.74, 6) is -3.01. The number of carbonyl (C=O) groups excluding carboxylic acids is 1. The summed E-state index contributed by atoms with van der Waals surface area (Å²) in [6.45, 7) is 0.0165. The molecule has 0 amide bonds. The van der Waals surface area contributed by atoms with E-state index in [2.05, 4.69) is 0 Å². The zero-order valence-electron chi connectivity index (χ0n) is 23.5. The van der Waals surface area contributed by atoms with Crippen molar-refractivity contribution in [2.75, 3.05) is 0 Å². The van der Waals surface area contributed by atoms with Crippen molar-refractivity contribution in [2.24, 2.45) is 0 Å². The van der Waals surface area contributed by atoms with E-state index >= 15 is 0 Å². The molecule has 0 spiro atoms. The van der Waals surface area contributed by atoms with Gasteiger partial charge in [-0.1, -0.05) is 103 Å². The molecule has 2 N–H and O–H groups in total. The van der Waals surface area contributed by atoms with Crippen molar-refractivity contribution in [3.8, 4) is 22.3 Å². The number of carbonyl (C=O) groups is 3. The fourth-order valence-corrected chi connectivity index (χ4v) is 4.59. The molecular weight excluding hydrogens is 560 g/mol. The number of hydrogen-bond acceptors (Lipinski definition) is 6. The maximum Gasteiger partial charge on any atom is 0.339 e. The van der Waals surface area contributed by atoms with Crippen LogP contribution in [0.2, 0.25) is 0 Å². The fourth-order valence-electron chi connectivity index (χ4n) is 4.59. The molecule has 0 unspecified atom stereocenters. The summed E-state index contributed by atoms with van der Waals surface area (Å²) in [5.41, 5.74) is 5.17. The highest BCUT2D eigenvalue weighted by Gasteiger charge is 2.19. The van der Waals surface area contributed by atoms with Crippen LogP contribution in [0.5, 0.6) is 0 Å². The number of ether oxygens (including phenoxy) is 1. The molecule has 0 heterocycles. The smallest absolute Gasteiger partial charge is 0.339 e. The number of carboxylic acids is 2. The zero-order valence-corrected chi connectivity index (χ0v) is 23.5. The molecular formula is C36H28O8. The monoisotopic (exact) mass is 588 g/mol. The minimum atomic E-state index is -1.22. The summed E-state index contributed by atoms with van der Waals surface area (Å²) in [6, 6.07) is 35.7. The van der Waals surface area contributed by atoms with Gasteiger partial charge in [-0.25, -0.2) is 24.2 Å². The second-order valence-corrected chi connectivity index (χ2v) is 9.89. The Hall–Kier alpha value is -5.57. The number of esters is 1. The average Bonchev–Trinajstić information content (AvgIpc) is 3.06. The van der Waals surface area contributed by atoms with Crippen LogP contribution < -0.4 is 0 Å². The minimum Gasteiger partial charge on any atom is -0.478 e. The molecule has 44 heavy (non-hydrogen) atoms. The molecule has 0 bridgehead atoms. The molecule has 0 aliphatic heterocycles. The molecule has 0 aliphatic carbocycles. The van der Waals surface area contributed by atoms with Crippen molar-refractivity contribution in [2.45, 2.75) is 19.8 Å². The third kappa shape index (κ3) is 7.43. The van der Waals surface area contributed by atoms with E-state index in [1.54, 1.807) is 42.5 Å². The second-order valence-electron chi connectivity index (χ2n) is 9.89. The standard InChI is InChI=1S/C36H28O8/c37-34(38)32-19-28(26-7-3-1-4-8-26)15-16-30(32)23-44-43-22-25-13-11-24(12-14-25)21-42-36(41)31-18-17-29(20-33(31)35(39)40)27-9-5-2-6-10-27/h1-20H,21-23H2,(H,37,38)(H,39,40).